The molecule has 0 saturated carbocycles. The average Bonchev–Trinajstić information content (AvgIpc) is 2.86. The van der Waals surface area contributed by atoms with Gasteiger partial charge in [-0.25, -0.2) is 4.79 Å². The Balaban J connectivity index is 2.18. The molecule has 188 valence electrons. The molecule has 35 heavy (non-hydrogen) atoms. The Labute approximate surface area is 208 Å². The molecule has 2 rings (SSSR count). The van der Waals surface area contributed by atoms with Crippen LogP contribution in [-0.4, -0.2) is 70.4 Å². The summed E-state index contributed by atoms with van der Waals surface area (Å²) < 4.78 is 0. The number of aliphatic carboxylic acids is 1. The van der Waals surface area contributed by atoms with E-state index in [0.29, 0.717) is 11.1 Å². The van der Waals surface area contributed by atoms with Crippen LogP contribution in [-0.2, 0) is 32.0 Å². The minimum Gasteiger partial charge on any atom is -0.480 e. The van der Waals surface area contributed by atoms with Gasteiger partial charge in [-0.2, -0.15) is 12.6 Å². The Bertz CT molecular complexity index is 992. The van der Waals surface area contributed by atoms with E-state index in [4.69, 9.17) is 5.73 Å². The van der Waals surface area contributed by atoms with E-state index in [1.165, 1.54) is 0 Å². The molecule has 0 heterocycles. The number of nitrogens with one attached hydrogen (secondary N) is 3. The van der Waals surface area contributed by atoms with Crippen molar-refractivity contribution in [2.75, 3.05) is 12.4 Å². The normalized spacial score (nSPS) is 14.1. The fourth-order valence-electron chi connectivity index (χ4n) is 3.21. The van der Waals surface area contributed by atoms with Gasteiger partial charge in [-0.15, -0.1) is 0 Å². The molecular formula is C24H30N4O6S. The number of aliphatic hydroxyl groups is 1. The van der Waals surface area contributed by atoms with Crippen LogP contribution < -0.4 is 21.7 Å². The topological polar surface area (TPSA) is 171 Å². The van der Waals surface area contributed by atoms with Gasteiger partial charge in [-0.1, -0.05) is 60.7 Å². The minimum atomic E-state index is -1.36. The maximum Gasteiger partial charge on any atom is 0.326 e. The first-order chi connectivity index (χ1) is 16.7. The van der Waals surface area contributed by atoms with Gasteiger partial charge < -0.3 is 31.9 Å². The van der Waals surface area contributed by atoms with Crippen LogP contribution >= 0.6 is 12.6 Å². The van der Waals surface area contributed by atoms with Crippen molar-refractivity contribution in [3.05, 3.63) is 71.8 Å². The van der Waals surface area contributed by atoms with Gasteiger partial charge in [0, 0.05) is 18.6 Å². The molecule has 4 unspecified atom stereocenters. The molecule has 0 aromatic heterocycles. The summed E-state index contributed by atoms with van der Waals surface area (Å²) in [6, 6.07) is 12.9. The molecule has 4 atom stereocenters. The number of carbonyl (C=O) groups is 4. The summed E-state index contributed by atoms with van der Waals surface area (Å²) >= 11 is 3.93. The van der Waals surface area contributed by atoms with Gasteiger partial charge in [-0.3, -0.25) is 14.4 Å². The molecule has 3 amide bonds. The predicted molar refractivity (Wildman–Crippen MR) is 133 cm³/mol. The summed E-state index contributed by atoms with van der Waals surface area (Å²) in [4.78, 5) is 49.7. The van der Waals surface area contributed by atoms with Crippen LogP contribution in [0.5, 0.6) is 0 Å². The standard InChI is InChI=1S/C24H30N4O6S/c25-17(14-35)21(30)28-20(13-29)23(32)26-18(11-15-7-3-1-4-8-15)22(31)27-19(24(33)34)12-16-9-5-2-6-10-16/h1-10,17-20,29,35H,11-14,25H2,(H,26,32)(H,27,31)(H,28,30)(H,33,34). The van der Waals surface area contributed by atoms with Crippen molar-refractivity contribution in [3.63, 3.8) is 0 Å². The second kappa shape index (κ2) is 14.1. The lowest BCUT2D eigenvalue weighted by molar-refractivity contribution is -0.142. The summed E-state index contributed by atoms with van der Waals surface area (Å²) in [7, 11) is 0. The molecule has 0 bridgehead atoms. The quantitative estimate of drug-likeness (QED) is 0.177. The molecular weight excluding hydrogens is 472 g/mol. The van der Waals surface area contributed by atoms with E-state index in [1.807, 2.05) is 0 Å². The van der Waals surface area contributed by atoms with Crippen LogP contribution in [0.15, 0.2) is 60.7 Å². The Morgan fingerprint density at radius 2 is 1.17 bits per heavy atom. The minimum absolute atomic E-state index is 0.0304. The number of carbonyl (C=O) groups excluding carboxylic acids is 3. The van der Waals surface area contributed by atoms with Crippen LogP contribution in [0.1, 0.15) is 11.1 Å². The third kappa shape index (κ3) is 9.04. The van der Waals surface area contributed by atoms with E-state index in [2.05, 4.69) is 28.6 Å². The lowest BCUT2D eigenvalue weighted by atomic mass is 10.0. The van der Waals surface area contributed by atoms with Crippen molar-refractivity contribution < 1.29 is 29.4 Å². The fourth-order valence-corrected chi connectivity index (χ4v) is 3.38. The fraction of sp³-hybridized carbons (Fsp3) is 0.333. The highest BCUT2D eigenvalue weighted by Gasteiger charge is 2.30. The Morgan fingerprint density at radius 3 is 1.63 bits per heavy atom. The molecule has 0 aliphatic heterocycles. The first-order valence-electron chi connectivity index (χ1n) is 10.9. The molecule has 0 radical (unpaired) electrons. The maximum atomic E-state index is 13.1. The summed E-state index contributed by atoms with van der Waals surface area (Å²) in [5.74, 6) is -3.43. The number of hydrogen-bond acceptors (Lipinski definition) is 7. The molecule has 0 spiro atoms. The van der Waals surface area contributed by atoms with Crippen molar-refractivity contribution in [2.45, 2.75) is 37.0 Å². The van der Waals surface area contributed by atoms with Crippen LogP contribution in [0.2, 0.25) is 0 Å². The van der Waals surface area contributed by atoms with E-state index in [9.17, 15) is 29.4 Å². The number of carboxylic acid groups (broad SMARTS) is 1. The number of carboxylic acids is 1. The Kier molecular flexibility index (Phi) is 11.2. The van der Waals surface area contributed by atoms with Gasteiger partial charge in [0.1, 0.15) is 18.1 Å². The highest BCUT2D eigenvalue weighted by molar-refractivity contribution is 7.80. The molecule has 0 fully saturated rings. The van der Waals surface area contributed by atoms with E-state index in [-0.39, 0.29) is 18.6 Å². The molecule has 2 aromatic carbocycles. The molecule has 0 aliphatic carbocycles. The lowest BCUT2D eigenvalue weighted by Gasteiger charge is -2.24. The second-order valence-electron chi connectivity index (χ2n) is 7.87. The van der Waals surface area contributed by atoms with Gasteiger partial charge in [0.15, 0.2) is 0 Å². The number of nitrogens with two attached hydrogens (primary N) is 1. The summed E-state index contributed by atoms with van der Waals surface area (Å²) in [5, 5.41) is 26.6. The summed E-state index contributed by atoms with van der Waals surface area (Å²) in [5.41, 5.74) is 7.02. The third-order valence-electron chi connectivity index (χ3n) is 5.16. The zero-order valence-electron chi connectivity index (χ0n) is 19.0. The van der Waals surface area contributed by atoms with Gasteiger partial charge in [0.05, 0.1) is 12.6 Å². The number of hydrogen-bond donors (Lipinski definition) is 7. The largest absolute Gasteiger partial charge is 0.480 e. The van der Waals surface area contributed by atoms with E-state index in [1.54, 1.807) is 60.7 Å². The second-order valence-corrected chi connectivity index (χ2v) is 8.24. The lowest BCUT2D eigenvalue weighted by Crippen LogP contribution is -2.58. The Hall–Kier alpha value is -3.41. The van der Waals surface area contributed by atoms with Crippen molar-refractivity contribution in [1.29, 1.82) is 0 Å². The summed E-state index contributed by atoms with van der Waals surface area (Å²) in [6.45, 7) is -0.734. The smallest absolute Gasteiger partial charge is 0.326 e. The van der Waals surface area contributed by atoms with E-state index in [0.717, 1.165) is 0 Å². The monoisotopic (exact) mass is 502 g/mol. The highest BCUT2D eigenvalue weighted by atomic mass is 32.1. The molecule has 11 heteroatoms. The predicted octanol–water partition coefficient (Wildman–Crippen LogP) is -0.740. The number of benzene rings is 2. The SMILES string of the molecule is NC(CS)C(=O)NC(CO)C(=O)NC(Cc1ccccc1)C(=O)NC(Cc1ccccc1)C(=O)O. The molecule has 0 aliphatic rings. The number of aliphatic hydroxyl groups excluding tert-OH is 1. The molecule has 0 saturated heterocycles. The van der Waals surface area contributed by atoms with Gasteiger partial charge in [-0.05, 0) is 11.1 Å². The van der Waals surface area contributed by atoms with Gasteiger partial charge in [0.25, 0.3) is 0 Å². The maximum absolute atomic E-state index is 13.1. The van der Waals surface area contributed by atoms with Crippen molar-refractivity contribution in [3.8, 4) is 0 Å². The Morgan fingerprint density at radius 1 is 0.743 bits per heavy atom. The first-order valence-corrected chi connectivity index (χ1v) is 11.6. The van der Waals surface area contributed by atoms with Crippen molar-refractivity contribution >= 4 is 36.3 Å². The molecule has 2 aromatic rings. The van der Waals surface area contributed by atoms with Crippen molar-refractivity contribution in [1.82, 2.24) is 16.0 Å². The molecule has 7 N–H and O–H groups in total. The van der Waals surface area contributed by atoms with Crippen LogP contribution in [0, 0.1) is 0 Å². The zero-order valence-corrected chi connectivity index (χ0v) is 19.9. The van der Waals surface area contributed by atoms with Gasteiger partial charge >= 0.3 is 5.97 Å². The number of thiol groups is 1. The van der Waals surface area contributed by atoms with Gasteiger partial charge in [0.2, 0.25) is 17.7 Å². The highest BCUT2D eigenvalue weighted by Crippen LogP contribution is 2.07. The third-order valence-corrected chi connectivity index (χ3v) is 5.56. The van der Waals surface area contributed by atoms with Crippen LogP contribution in [0.4, 0.5) is 0 Å². The van der Waals surface area contributed by atoms with Crippen LogP contribution in [0.3, 0.4) is 0 Å². The van der Waals surface area contributed by atoms with E-state index < -0.39 is 54.5 Å². The average molecular weight is 503 g/mol. The first kappa shape index (κ1) is 27.8. The number of amides is 3. The number of rotatable bonds is 13. The van der Waals surface area contributed by atoms with E-state index >= 15 is 0 Å². The van der Waals surface area contributed by atoms with Crippen molar-refractivity contribution in [2.24, 2.45) is 5.73 Å². The van der Waals surface area contributed by atoms with Crippen LogP contribution in [0.25, 0.3) is 0 Å². The molecule has 10 nitrogen and oxygen atoms in total. The zero-order chi connectivity index (χ0) is 25.8. The summed E-state index contributed by atoms with van der Waals surface area (Å²) in [6.07, 6.45) is 0.100.